The van der Waals surface area contributed by atoms with Crippen LogP contribution < -0.4 is 10.6 Å². The van der Waals surface area contributed by atoms with Crippen LogP contribution in [0.2, 0.25) is 0 Å². The van der Waals surface area contributed by atoms with Crippen LogP contribution in [0.4, 0.5) is 24.0 Å². The van der Waals surface area contributed by atoms with Crippen LogP contribution in [-0.4, -0.2) is 42.7 Å². The number of carbonyl (C=O) groups is 1. The molecule has 1 aromatic carbocycles. The Balaban J connectivity index is 1.59. The molecule has 0 unspecified atom stereocenters. The van der Waals surface area contributed by atoms with Crippen molar-refractivity contribution < 1.29 is 26.4 Å². The normalized spacial score (nSPS) is 16.6. The van der Waals surface area contributed by atoms with Gasteiger partial charge in [0.05, 0.1) is 11.1 Å². The zero-order valence-electron chi connectivity index (χ0n) is 15.4. The van der Waals surface area contributed by atoms with Crippen molar-refractivity contribution in [2.45, 2.75) is 36.9 Å². The summed E-state index contributed by atoms with van der Waals surface area (Å²) in [6.07, 6.45) is -2.74. The molecule has 12 heteroatoms. The van der Waals surface area contributed by atoms with E-state index in [1.165, 1.54) is 35.5 Å². The molecule has 0 aliphatic carbocycles. The third-order valence-electron chi connectivity index (χ3n) is 4.38. The first-order valence-corrected chi connectivity index (χ1v) is 11.0. The summed E-state index contributed by atoms with van der Waals surface area (Å²) in [5, 5.41) is 5.70. The van der Waals surface area contributed by atoms with Crippen molar-refractivity contribution in [2.24, 2.45) is 0 Å². The number of thiazole rings is 1. The highest BCUT2D eigenvalue weighted by atomic mass is 32.2. The van der Waals surface area contributed by atoms with E-state index >= 15 is 0 Å². The van der Waals surface area contributed by atoms with Crippen molar-refractivity contribution in [2.75, 3.05) is 23.7 Å². The van der Waals surface area contributed by atoms with Gasteiger partial charge in [0.2, 0.25) is 15.9 Å². The molecule has 0 saturated carbocycles. The molecule has 2 N–H and O–H groups in total. The first-order valence-electron chi connectivity index (χ1n) is 8.73. The van der Waals surface area contributed by atoms with Gasteiger partial charge in [-0.3, -0.25) is 4.79 Å². The van der Waals surface area contributed by atoms with E-state index in [4.69, 9.17) is 0 Å². The number of aromatic nitrogens is 1. The van der Waals surface area contributed by atoms with Crippen LogP contribution in [0.3, 0.4) is 0 Å². The lowest BCUT2D eigenvalue weighted by molar-refractivity contribution is -0.134. The Kier molecular flexibility index (Phi) is 6.15. The molecule has 1 amide bonds. The van der Waals surface area contributed by atoms with Gasteiger partial charge in [0.1, 0.15) is 4.88 Å². The molecule has 29 heavy (non-hydrogen) atoms. The van der Waals surface area contributed by atoms with Gasteiger partial charge in [-0.15, -0.1) is 0 Å². The van der Waals surface area contributed by atoms with Gasteiger partial charge in [-0.2, -0.15) is 17.5 Å². The molecule has 1 saturated heterocycles. The summed E-state index contributed by atoms with van der Waals surface area (Å²) in [6, 6.07) is 5.74. The number of hydrogen-bond acceptors (Lipinski definition) is 6. The molecule has 3 rings (SSSR count). The summed E-state index contributed by atoms with van der Waals surface area (Å²) in [6.45, 7) is 1.84. The van der Waals surface area contributed by atoms with Crippen molar-refractivity contribution >= 4 is 38.1 Å². The topological polar surface area (TPSA) is 91.4 Å². The summed E-state index contributed by atoms with van der Waals surface area (Å²) >= 11 is 0.533. The lowest BCUT2D eigenvalue weighted by Crippen LogP contribution is -2.42. The van der Waals surface area contributed by atoms with Crippen molar-refractivity contribution in [3.8, 4) is 0 Å². The number of carbonyl (C=O) groups excluding carboxylic acids is 1. The number of rotatable bonds is 5. The van der Waals surface area contributed by atoms with Crippen LogP contribution in [0.15, 0.2) is 35.4 Å². The second kappa shape index (κ2) is 8.28. The smallest absolute Gasteiger partial charge is 0.359 e. The number of alkyl halides is 3. The summed E-state index contributed by atoms with van der Waals surface area (Å²) in [5.41, 5.74) is 0.501. The van der Waals surface area contributed by atoms with Gasteiger partial charge >= 0.3 is 6.18 Å². The fourth-order valence-corrected chi connectivity index (χ4v) is 5.18. The van der Waals surface area contributed by atoms with E-state index in [0.717, 1.165) is 6.20 Å². The lowest BCUT2D eigenvalue weighted by atomic mass is 10.1. The predicted molar refractivity (Wildman–Crippen MR) is 103 cm³/mol. The molecule has 158 valence electrons. The van der Waals surface area contributed by atoms with Gasteiger partial charge in [-0.1, -0.05) is 11.3 Å². The SMILES string of the molecule is CC(=O)Nc1ccc(S(=O)(=O)N2CCC(Nc3ncc(C(F)(F)F)s3)CC2)cc1. The van der Waals surface area contributed by atoms with Gasteiger partial charge in [0.15, 0.2) is 5.13 Å². The number of nitrogens with one attached hydrogen (secondary N) is 2. The second-order valence-corrected chi connectivity index (χ2v) is 9.52. The number of amides is 1. The molecule has 2 heterocycles. The molecule has 1 aromatic heterocycles. The molecule has 0 atom stereocenters. The standard InChI is InChI=1S/C17H19F3N4O3S2/c1-11(25)22-12-2-4-14(5-3-12)29(26,27)24-8-6-13(7-9-24)23-16-21-10-15(28-16)17(18,19)20/h2-5,10,13H,6-9H2,1H3,(H,21,23)(H,22,25). The monoisotopic (exact) mass is 448 g/mol. The molecule has 0 bridgehead atoms. The highest BCUT2D eigenvalue weighted by molar-refractivity contribution is 7.89. The van der Waals surface area contributed by atoms with Crippen molar-refractivity contribution in [1.82, 2.24) is 9.29 Å². The van der Waals surface area contributed by atoms with Crippen LogP contribution in [-0.2, 0) is 21.0 Å². The fourth-order valence-electron chi connectivity index (χ4n) is 2.95. The van der Waals surface area contributed by atoms with Crippen molar-refractivity contribution in [1.29, 1.82) is 0 Å². The number of piperidine rings is 1. The second-order valence-electron chi connectivity index (χ2n) is 6.56. The minimum Gasteiger partial charge on any atom is -0.359 e. The van der Waals surface area contributed by atoms with E-state index in [-0.39, 0.29) is 35.1 Å². The molecular formula is C17H19F3N4O3S2. The molecule has 2 aromatic rings. The van der Waals surface area contributed by atoms with Gasteiger partial charge in [-0.05, 0) is 37.1 Å². The minimum absolute atomic E-state index is 0.118. The lowest BCUT2D eigenvalue weighted by Gasteiger charge is -2.31. The Bertz CT molecular complexity index is 967. The fraction of sp³-hybridized carbons (Fsp3) is 0.412. The predicted octanol–water partition coefficient (Wildman–Crippen LogP) is 3.39. The van der Waals surface area contributed by atoms with E-state index in [9.17, 15) is 26.4 Å². The minimum atomic E-state index is -4.43. The Labute approximate surface area is 170 Å². The Morgan fingerprint density at radius 3 is 2.34 bits per heavy atom. The molecule has 0 spiro atoms. The van der Waals surface area contributed by atoms with E-state index in [2.05, 4.69) is 15.6 Å². The van der Waals surface area contributed by atoms with E-state index in [0.29, 0.717) is 29.9 Å². The zero-order chi connectivity index (χ0) is 21.2. The highest BCUT2D eigenvalue weighted by Crippen LogP contribution is 2.35. The van der Waals surface area contributed by atoms with Crippen LogP contribution in [0.25, 0.3) is 0 Å². The van der Waals surface area contributed by atoms with E-state index in [1.54, 1.807) is 0 Å². The Morgan fingerprint density at radius 1 is 1.21 bits per heavy atom. The molecular weight excluding hydrogens is 429 g/mol. The maximum Gasteiger partial charge on any atom is 0.427 e. The molecule has 7 nitrogen and oxygen atoms in total. The summed E-state index contributed by atoms with van der Waals surface area (Å²) < 4.78 is 64.9. The highest BCUT2D eigenvalue weighted by Gasteiger charge is 2.34. The number of anilines is 2. The first kappa shape index (κ1) is 21.5. The Morgan fingerprint density at radius 2 is 1.83 bits per heavy atom. The average Bonchev–Trinajstić information content (AvgIpc) is 3.11. The molecule has 1 aliphatic rings. The molecule has 1 fully saturated rings. The van der Waals surface area contributed by atoms with Gasteiger partial charge < -0.3 is 10.6 Å². The van der Waals surface area contributed by atoms with Gasteiger partial charge in [-0.25, -0.2) is 13.4 Å². The molecule has 1 aliphatic heterocycles. The average molecular weight is 448 g/mol. The largest absolute Gasteiger partial charge is 0.427 e. The number of sulfonamides is 1. The third kappa shape index (κ3) is 5.25. The number of nitrogens with zero attached hydrogens (tertiary/aromatic N) is 2. The number of hydrogen-bond donors (Lipinski definition) is 2. The quantitative estimate of drug-likeness (QED) is 0.732. The molecule has 0 radical (unpaired) electrons. The van der Waals surface area contributed by atoms with Crippen LogP contribution >= 0.6 is 11.3 Å². The van der Waals surface area contributed by atoms with E-state index in [1.807, 2.05) is 0 Å². The maximum atomic E-state index is 12.8. The zero-order valence-corrected chi connectivity index (χ0v) is 17.0. The Hall–Kier alpha value is -2.18. The van der Waals surface area contributed by atoms with Crippen molar-refractivity contribution in [3.05, 3.63) is 35.3 Å². The number of benzene rings is 1. The summed E-state index contributed by atoms with van der Waals surface area (Å²) in [4.78, 5) is 14.1. The maximum absolute atomic E-state index is 12.8. The summed E-state index contributed by atoms with van der Waals surface area (Å²) in [7, 11) is -3.69. The van der Waals surface area contributed by atoms with Gasteiger partial charge in [0.25, 0.3) is 0 Å². The van der Waals surface area contributed by atoms with E-state index < -0.39 is 21.1 Å². The van der Waals surface area contributed by atoms with Crippen molar-refractivity contribution in [3.63, 3.8) is 0 Å². The van der Waals surface area contributed by atoms with Crippen LogP contribution in [0, 0.1) is 0 Å². The first-order chi connectivity index (χ1) is 13.6. The third-order valence-corrected chi connectivity index (χ3v) is 7.27. The van der Waals surface area contributed by atoms with Crippen LogP contribution in [0.1, 0.15) is 24.6 Å². The van der Waals surface area contributed by atoms with Gasteiger partial charge in [0, 0.05) is 31.7 Å². The van der Waals surface area contributed by atoms with Crippen LogP contribution in [0.5, 0.6) is 0 Å². The summed E-state index contributed by atoms with van der Waals surface area (Å²) in [5.74, 6) is -0.252. The number of halogens is 3.